The lowest BCUT2D eigenvalue weighted by atomic mass is 10.1. The van der Waals surface area contributed by atoms with Crippen molar-refractivity contribution in [3.63, 3.8) is 0 Å². The summed E-state index contributed by atoms with van der Waals surface area (Å²) in [5.74, 6) is 1.42. The third kappa shape index (κ3) is 5.41. The van der Waals surface area contributed by atoms with Gasteiger partial charge in [0.2, 0.25) is 5.75 Å². The van der Waals surface area contributed by atoms with Gasteiger partial charge >= 0.3 is 0 Å². The number of hydrogen-bond donors (Lipinski definition) is 1. The monoisotopic (exact) mass is 357 g/mol. The van der Waals surface area contributed by atoms with Gasteiger partial charge in [-0.2, -0.15) is 0 Å². The van der Waals surface area contributed by atoms with Gasteiger partial charge in [0.25, 0.3) is 5.91 Å². The molecular formula is C21H27NO4. The summed E-state index contributed by atoms with van der Waals surface area (Å²) in [7, 11) is 0. The maximum Gasteiger partial charge on any atom is 0.251 e. The fourth-order valence-electron chi connectivity index (χ4n) is 2.59. The molecule has 2 aromatic rings. The van der Waals surface area contributed by atoms with Crippen molar-refractivity contribution in [2.45, 2.75) is 27.2 Å². The van der Waals surface area contributed by atoms with Crippen LogP contribution in [0.2, 0.25) is 0 Å². The molecule has 26 heavy (non-hydrogen) atoms. The van der Waals surface area contributed by atoms with E-state index in [4.69, 9.17) is 14.2 Å². The molecule has 5 nitrogen and oxygen atoms in total. The van der Waals surface area contributed by atoms with Crippen LogP contribution < -0.4 is 19.5 Å². The minimum atomic E-state index is -0.161. The van der Waals surface area contributed by atoms with Crippen LogP contribution in [0.3, 0.4) is 0 Å². The van der Waals surface area contributed by atoms with Crippen molar-refractivity contribution in [1.29, 1.82) is 0 Å². The molecule has 5 heteroatoms. The second-order valence-electron chi connectivity index (χ2n) is 5.59. The third-order valence-electron chi connectivity index (χ3n) is 3.71. The Labute approximate surface area is 155 Å². The summed E-state index contributed by atoms with van der Waals surface area (Å²) >= 11 is 0. The molecular weight excluding hydrogens is 330 g/mol. The van der Waals surface area contributed by atoms with Crippen LogP contribution in [0.1, 0.15) is 36.7 Å². The van der Waals surface area contributed by atoms with Gasteiger partial charge in [-0.3, -0.25) is 4.79 Å². The highest BCUT2D eigenvalue weighted by molar-refractivity contribution is 5.95. The molecule has 140 valence electrons. The lowest BCUT2D eigenvalue weighted by molar-refractivity contribution is 0.0953. The molecule has 0 aliphatic rings. The molecule has 0 aliphatic carbocycles. The fraction of sp³-hybridized carbons (Fsp3) is 0.381. The molecule has 2 aromatic carbocycles. The van der Waals surface area contributed by atoms with Crippen molar-refractivity contribution in [2.24, 2.45) is 0 Å². The van der Waals surface area contributed by atoms with E-state index in [1.807, 2.05) is 51.1 Å². The molecule has 0 radical (unpaired) electrons. The molecule has 0 unspecified atom stereocenters. The zero-order chi connectivity index (χ0) is 18.8. The first-order valence-electron chi connectivity index (χ1n) is 9.08. The van der Waals surface area contributed by atoms with E-state index in [1.165, 1.54) is 5.56 Å². The molecule has 0 atom stereocenters. The van der Waals surface area contributed by atoms with E-state index in [-0.39, 0.29) is 5.91 Å². The average molecular weight is 357 g/mol. The fourth-order valence-corrected chi connectivity index (χ4v) is 2.59. The summed E-state index contributed by atoms with van der Waals surface area (Å²) in [6.45, 7) is 7.68. The average Bonchev–Trinajstić information content (AvgIpc) is 2.65. The SMILES string of the molecule is CCOc1cc(C(=O)NCCc2ccccc2)cc(OCC)c1OCC. The van der Waals surface area contributed by atoms with Crippen LogP contribution in [-0.4, -0.2) is 32.3 Å². The molecule has 2 rings (SSSR count). The zero-order valence-electron chi connectivity index (χ0n) is 15.7. The minimum Gasteiger partial charge on any atom is -0.490 e. The highest BCUT2D eigenvalue weighted by Gasteiger charge is 2.18. The van der Waals surface area contributed by atoms with Gasteiger partial charge in [-0.25, -0.2) is 0 Å². The van der Waals surface area contributed by atoms with E-state index in [1.54, 1.807) is 12.1 Å². The predicted molar refractivity (Wildman–Crippen MR) is 102 cm³/mol. The molecule has 0 aromatic heterocycles. The van der Waals surface area contributed by atoms with Gasteiger partial charge in [0.15, 0.2) is 11.5 Å². The quantitative estimate of drug-likeness (QED) is 0.702. The maximum atomic E-state index is 12.6. The first-order chi connectivity index (χ1) is 12.7. The Balaban J connectivity index is 2.14. The summed E-state index contributed by atoms with van der Waals surface area (Å²) in [5, 5.41) is 2.95. The molecule has 1 N–H and O–H groups in total. The van der Waals surface area contributed by atoms with E-state index < -0.39 is 0 Å². The van der Waals surface area contributed by atoms with Crippen LogP contribution in [0.25, 0.3) is 0 Å². The first kappa shape index (κ1) is 19.6. The molecule has 0 bridgehead atoms. The minimum absolute atomic E-state index is 0.161. The molecule has 0 saturated carbocycles. The van der Waals surface area contributed by atoms with Gasteiger partial charge in [0.05, 0.1) is 19.8 Å². The molecule has 0 saturated heterocycles. The molecule has 0 aliphatic heterocycles. The standard InChI is InChI=1S/C21H27NO4/c1-4-24-18-14-17(15-19(25-5-2)20(18)26-6-3)21(23)22-13-12-16-10-8-7-9-11-16/h7-11,14-15H,4-6,12-13H2,1-3H3,(H,22,23). The second kappa shape index (κ2) is 10.3. The highest BCUT2D eigenvalue weighted by atomic mass is 16.5. The Hall–Kier alpha value is -2.69. The van der Waals surface area contributed by atoms with Gasteiger partial charge in [0.1, 0.15) is 0 Å². The molecule has 0 heterocycles. The normalized spacial score (nSPS) is 10.3. The number of benzene rings is 2. The van der Waals surface area contributed by atoms with Crippen molar-refractivity contribution >= 4 is 5.91 Å². The second-order valence-corrected chi connectivity index (χ2v) is 5.59. The van der Waals surface area contributed by atoms with Gasteiger partial charge in [0, 0.05) is 12.1 Å². The number of carbonyl (C=O) groups excluding carboxylic acids is 1. The number of rotatable bonds is 10. The summed E-state index contributed by atoms with van der Waals surface area (Å²) in [4.78, 5) is 12.6. The van der Waals surface area contributed by atoms with Crippen molar-refractivity contribution in [1.82, 2.24) is 5.32 Å². The third-order valence-corrected chi connectivity index (χ3v) is 3.71. The van der Waals surface area contributed by atoms with E-state index in [2.05, 4.69) is 5.32 Å². The molecule has 0 fully saturated rings. The largest absolute Gasteiger partial charge is 0.490 e. The van der Waals surface area contributed by atoms with Crippen molar-refractivity contribution < 1.29 is 19.0 Å². The van der Waals surface area contributed by atoms with E-state index >= 15 is 0 Å². The summed E-state index contributed by atoms with van der Waals surface area (Å²) in [6, 6.07) is 13.5. The smallest absolute Gasteiger partial charge is 0.251 e. The Morgan fingerprint density at radius 2 is 1.46 bits per heavy atom. The van der Waals surface area contributed by atoms with Crippen LogP contribution in [0.4, 0.5) is 0 Å². The van der Waals surface area contributed by atoms with Crippen molar-refractivity contribution in [3.05, 3.63) is 53.6 Å². The Bertz CT molecular complexity index is 673. The summed E-state index contributed by atoms with van der Waals surface area (Å²) in [5.41, 5.74) is 1.68. The van der Waals surface area contributed by atoms with E-state index in [0.717, 1.165) is 6.42 Å². The lowest BCUT2D eigenvalue weighted by Crippen LogP contribution is -2.25. The number of amides is 1. The Morgan fingerprint density at radius 3 is 2.00 bits per heavy atom. The number of carbonyl (C=O) groups is 1. The number of hydrogen-bond acceptors (Lipinski definition) is 4. The molecule has 1 amide bonds. The Kier molecular flexibility index (Phi) is 7.80. The van der Waals surface area contributed by atoms with Crippen molar-refractivity contribution in [2.75, 3.05) is 26.4 Å². The van der Waals surface area contributed by atoms with Gasteiger partial charge in [-0.05, 0) is 44.9 Å². The summed E-state index contributed by atoms with van der Waals surface area (Å²) < 4.78 is 17.0. The van der Waals surface area contributed by atoms with E-state index in [0.29, 0.717) is 49.2 Å². The highest BCUT2D eigenvalue weighted by Crippen LogP contribution is 2.39. The van der Waals surface area contributed by atoms with Gasteiger partial charge < -0.3 is 19.5 Å². The van der Waals surface area contributed by atoms with Crippen LogP contribution in [-0.2, 0) is 6.42 Å². The van der Waals surface area contributed by atoms with Crippen LogP contribution in [0, 0.1) is 0 Å². The predicted octanol–water partition coefficient (Wildman–Crippen LogP) is 3.86. The van der Waals surface area contributed by atoms with Gasteiger partial charge in [-0.1, -0.05) is 30.3 Å². The maximum absolute atomic E-state index is 12.6. The molecule has 0 spiro atoms. The van der Waals surface area contributed by atoms with Crippen molar-refractivity contribution in [3.8, 4) is 17.2 Å². The lowest BCUT2D eigenvalue weighted by Gasteiger charge is -2.17. The van der Waals surface area contributed by atoms with Crippen LogP contribution >= 0.6 is 0 Å². The number of ether oxygens (including phenoxy) is 3. The van der Waals surface area contributed by atoms with Crippen LogP contribution in [0.5, 0.6) is 17.2 Å². The topological polar surface area (TPSA) is 56.8 Å². The van der Waals surface area contributed by atoms with E-state index in [9.17, 15) is 4.79 Å². The zero-order valence-corrected chi connectivity index (χ0v) is 15.7. The summed E-state index contributed by atoms with van der Waals surface area (Å²) in [6.07, 6.45) is 0.778. The number of nitrogens with one attached hydrogen (secondary N) is 1. The Morgan fingerprint density at radius 1 is 0.885 bits per heavy atom. The van der Waals surface area contributed by atoms with Gasteiger partial charge in [-0.15, -0.1) is 0 Å². The van der Waals surface area contributed by atoms with Crippen LogP contribution in [0.15, 0.2) is 42.5 Å². The first-order valence-corrected chi connectivity index (χ1v) is 9.08.